The van der Waals surface area contributed by atoms with Gasteiger partial charge in [0.05, 0.1) is 5.56 Å². The predicted molar refractivity (Wildman–Crippen MR) is 89.9 cm³/mol. The second-order valence-electron chi connectivity index (χ2n) is 6.79. The zero-order valence-corrected chi connectivity index (χ0v) is 13.9. The molecule has 0 spiro atoms. The Hall–Kier alpha value is -2.17. The van der Waals surface area contributed by atoms with Crippen molar-refractivity contribution in [3.63, 3.8) is 0 Å². The molecule has 1 aromatic rings. The van der Waals surface area contributed by atoms with E-state index in [1.54, 1.807) is 12.1 Å². The summed E-state index contributed by atoms with van der Waals surface area (Å²) in [6.07, 6.45) is 4.68. The predicted octanol–water partition coefficient (Wildman–Crippen LogP) is 2.76. The lowest BCUT2D eigenvalue weighted by Gasteiger charge is -2.21. The molecule has 4 nitrogen and oxygen atoms in total. The standard InChI is InChI=1S/C19H23FN2O2/c1-13-6-7-14-11-22(12-15(14)10-13)18(23)8-9-21-19(24)16-4-2-3-5-17(16)20/h2-6,14-15H,7-12H2,1H3,(H,21,24)/t14-,15+/m0/s1. The van der Waals surface area contributed by atoms with E-state index in [2.05, 4.69) is 18.3 Å². The molecule has 24 heavy (non-hydrogen) atoms. The van der Waals surface area contributed by atoms with Crippen molar-refractivity contribution in [2.45, 2.75) is 26.2 Å². The number of rotatable bonds is 4. The first-order valence-corrected chi connectivity index (χ1v) is 8.50. The molecule has 0 aromatic heterocycles. The van der Waals surface area contributed by atoms with Gasteiger partial charge < -0.3 is 10.2 Å². The summed E-state index contributed by atoms with van der Waals surface area (Å²) in [5, 5.41) is 2.63. The number of nitrogens with zero attached hydrogens (tertiary/aromatic N) is 1. The summed E-state index contributed by atoms with van der Waals surface area (Å²) in [5.41, 5.74) is 1.43. The maximum absolute atomic E-state index is 13.5. The molecule has 1 fully saturated rings. The van der Waals surface area contributed by atoms with Crippen molar-refractivity contribution in [2.75, 3.05) is 19.6 Å². The number of hydrogen-bond acceptors (Lipinski definition) is 2. The molecule has 0 unspecified atom stereocenters. The minimum Gasteiger partial charge on any atom is -0.351 e. The molecular weight excluding hydrogens is 307 g/mol. The number of benzene rings is 1. The lowest BCUT2D eigenvalue weighted by Crippen LogP contribution is -2.33. The molecule has 2 amide bonds. The fraction of sp³-hybridized carbons (Fsp3) is 0.474. The van der Waals surface area contributed by atoms with Crippen LogP contribution in [0.4, 0.5) is 4.39 Å². The van der Waals surface area contributed by atoms with E-state index in [1.807, 2.05) is 4.90 Å². The number of carbonyl (C=O) groups excluding carboxylic acids is 2. The number of carbonyl (C=O) groups is 2. The van der Waals surface area contributed by atoms with E-state index in [4.69, 9.17) is 0 Å². The highest BCUT2D eigenvalue weighted by molar-refractivity contribution is 5.94. The second kappa shape index (κ2) is 7.16. The summed E-state index contributed by atoms with van der Waals surface area (Å²) >= 11 is 0. The highest BCUT2D eigenvalue weighted by atomic mass is 19.1. The molecule has 2 atom stereocenters. The zero-order chi connectivity index (χ0) is 17.1. The van der Waals surface area contributed by atoms with E-state index in [1.165, 1.54) is 17.7 Å². The number of likely N-dealkylation sites (tertiary alicyclic amines) is 1. The lowest BCUT2D eigenvalue weighted by molar-refractivity contribution is -0.130. The topological polar surface area (TPSA) is 49.4 Å². The Labute approximate surface area is 141 Å². The molecule has 2 aliphatic rings. The maximum atomic E-state index is 13.5. The van der Waals surface area contributed by atoms with E-state index < -0.39 is 11.7 Å². The lowest BCUT2D eigenvalue weighted by atomic mass is 9.83. The van der Waals surface area contributed by atoms with E-state index >= 15 is 0 Å². The third kappa shape index (κ3) is 3.66. The van der Waals surface area contributed by atoms with Gasteiger partial charge in [-0.15, -0.1) is 0 Å². The van der Waals surface area contributed by atoms with Crippen LogP contribution in [0.5, 0.6) is 0 Å². The third-order valence-corrected chi connectivity index (χ3v) is 5.03. The Kier molecular flexibility index (Phi) is 4.97. The van der Waals surface area contributed by atoms with Crippen LogP contribution in [-0.2, 0) is 4.79 Å². The number of amides is 2. The van der Waals surface area contributed by atoms with Crippen LogP contribution in [0.3, 0.4) is 0 Å². The SMILES string of the molecule is CC1=CC[C@H]2CN(C(=O)CCNC(=O)c3ccccc3F)C[C@H]2C1. The minimum atomic E-state index is -0.548. The Morgan fingerprint density at radius 1 is 1.25 bits per heavy atom. The molecule has 1 N–H and O–H groups in total. The van der Waals surface area contributed by atoms with Gasteiger partial charge in [0, 0.05) is 26.1 Å². The van der Waals surface area contributed by atoms with Crippen LogP contribution in [0.1, 0.15) is 36.5 Å². The summed E-state index contributed by atoms with van der Waals surface area (Å²) in [7, 11) is 0. The van der Waals surface area contributed by atoms with Gasteiger partial charge >= 0.3 is 0 Å². The van der Waals surface area contributed by atoms with Crippen molar-refractivity contribution in [2.24, 2.45) is 11.8 Å². The van der Waals surface area contributed by atoms with Crippen molar-refractivity contribution < 1.29 is 14.0 Å². The van der Waals surface area contributed by atoms with Crippen LogP contribution >= 0.6 is 0 Å². The van der Waals surface area contributed by atoms with Crippen LogP contribution in [0.25, 0.3) is 0 Å². The molecule has 1 heterocycles. The molecule has 0 saturated carbocycles. The molecule has 128 valence electrons. The number of halogens is 1. The molecular formula is C19H23FN2O2. The molecule has 1 aromatic carbocycles. The normalized spacial score (nSPS) is 22.8. The fourth-order valence-corrected chi connectivity index (χ4v) is 3.67. The van der Waals surface area contributed by atoms with Crippen molar-refractivity contribution in [1.29, 1.82) is 0 Å². The van der Waals surface area contributed by atoms with Gasteiger partial charge in [0.1, 0.15) is 5.82 Å². The van der Waals surface area contributed by atoms with Crippen LogP contribution in [-0.4, -0.2) is 36.3 Å². The molecule has 1 aliphatic carbocycles. The highest BCUT2D eigenvalue weighted by Gasteiger charge is 2.35. The van der Waals surface area contributed by atoms with Gasteiger partial charge in [-0.3, -0.25) is 9.59 Å². The Bertz CT molecular complexity index is 671. The molecule has 1 saturated heterocycles. The molecule has 3 rings (SSSR count). The minimum absolute atomic E-state index is 0.0127. The summed E-state index contributed by atoms with van der Waals surface area (Å²) in [5.74, 6) is 0.192. The highest BCUT2D eigenvalue weighted by Crippen LogP contribution is 2.35. The van der Waals surface area contributed by atoms with E-state index in [0.29, 0.717) is 11.8 Å². The maximum Gasteiger partial charge on any atom is 0.254 e. The van der Waals surface area contributed by atoms with Gasteiger partial charge in [0.2, 0.25) is 5.91 Å². The first-order chi connectivity index (χ1) is 11.5. The quantitative estimate of drug-likeness (QED) is 0.863. The summed E-state index contributed by atoms with van der Waals surface area (Å²) in [6.45, 7) is 4.01. The van der Waals surface area contributed by atoms with Crippen LogP contribution in [0.15, 0.2) is 35.9 Å². The molecule has 1 aliphatic heterocycles. The summed E-state index contributed by atoms with van der Waals surface area (Å²) in [6, 6.07) is 5.85. The average molecular weight is 330 g/mol. The zero-order valence-electron chi connectivity index (χ0n) is 13.9. The monoisotopic (exact) mass is 330 g/mol. The number of allylic oxidation sites excluding steroid dienone is 2. The number of hydrogen-bond donors (Lipinski definition) is 1. The van der Waals surface area contributed by atoms with Crippen molar-refractivity contribution in [3.05, 3.63) is 47.3 Å². The fourth-order valence-electron chi connectivity index (χ4n) is 3.67. The Balaban J connectivity index is 1.45. The third-order valence-electron chi connectivity index (χ3n) is 5.03. The van der Waals surface area contributed by atoms with Gasteiger partial charge in [-0.05, 0) is 43.7 Å². The molecule has 5 heteroatoms. The number of fused-ring (bicyclic) bond motifs is 1. The van der Waals surface area contributed by atoms with Gasteiger partial charge in [0.15, 0.2) is 0 Å². The van der Waals surface area contributed by atoms with Gasteiger partial charge in [-0.1, -0.05) is 23.8 Å². The average Bonchev–Trinajstić information content (AvgIpc) is 2.98. The summed E-state index contributed by atoms with van der Waals surface area (Å²) < 4.78 is 13.5. The largest absolute Gasteiger partial charge is 0.351 e. The van der Waals surface area contributed by atoms with Crippen molar-refractivity contribution in [1.82, 2.24) is 10.2 Å². The first-order valence-electron chi connectivity index (χ1n) is 8.50. The van der Waals surface area contributed by atoms with Crippen LogP contribution in [0.2, 0.25) is 0 Å². The van der Waals surface area contributed by atoms with Gasteiger partial charge in [-0.2, -0.15) is 0 Å². The van der Waals surface area contributed by atoms with Crippen molar-refractivity contribution >= 4 is 11.8 Å². The van der Waals surface area contributed by atoms with Crippen LogP contribution < -0.4 is 5.32 Å². The number of nitrogens with one attached hydrogen (secondary N) is 1. The molecule has 0 radical (unpaired) electrons. The van der Waals surface area contributed by atoms with Gasteiger partial charge in [0.25, 0.3) is 5.91 Å². The van der Waals surface area contributed by atoms with E-state index in [0.717, 1.165) is 25.9 Å². The van der Waals surface area contributed by atoms with Gasteiger partial charge in [-0.25, -0.2) is 4.39 Å². The first kappa shape index (κ1) is 16.7. The van der Waals surface area contributed by atoms with E-state index in [-0.39, 0.29) is 24.4 Å². The Morgan fingerprint density at radius 2 is 2.00 bits per heavy atom. The summed E-state index contributed by atoms with van der Waals surface area (Å²) in [4.78, 5) is 26.2. The smallest absolute Gasteiger partial charge is 0.254 e. The van der Waals surface area contributed by atoms with E-state index in [9.17, 15) is 14.0 Å². The Morgan fingerprint density at radius 3 is 2.79 bits per heavy atom. The van der Waals surface area contributed by atoms with Crippen LogP contribution in [0, 0.1) is 17.7 Å². The van der Waals surface area contributed by atoms with Crippen molar-refractivity contribution in [3.8, 4) is 0 Å². The second-order valence-corrected chi connectivity index (χ2v) is 6.79. The molecule has 0 bridgehead atoms.